The highest BCUT2D eigenvalue weighted by atomic mass is 16.4. The van der Waals surface area contributed by atoms with Crippen LogP contribution in [0.4, 0.5) is 0 Å². The molecule has 0 rings (SSSR count). The first kappa shape index (κ1) is 11.9. The van der Waals surface area contributed by atoms with Crippen molar-refractivity contribution < 1.29 is 14.7 Å². The Hall–Kier alpha value is -1.06. The molecule has 0 aliphatic rings. The Labute approximate surface area is 78.5 Å². The number of nitrogens with zero attached hydrogens (tertiary/aromatic N) is 1. The molecule has 4 heteroatoms. The van der Waals surface area contributed by atoms with Gasteiger partial charge in [0.25, 0.3) is 0 Å². The molecule has 13 heavy (non-hydrogen) atoms. The molecule has 0 aromatic heterocycles. The van der Waals surface area contributed by atoms with Crippen molar-refractivity contribution in [2.24, 2.45) is 5.41 Å². The molecule has 0 aliphatic heterocycles. The molecule has 0 saturated carbocycles. The molecule has 0 saturated heterocycles. The molecule has 1 N–H and O–H groups in total. The Morgan fingerprint density at radius 2 is 1.77 bits per heavy atom. The summed E-state index contributed by atoms with van der Waals surface area (Å²) in [4.78, 5) is 22.9. The lowest BCUT2D eigenvalue weighted by molar-refractivity contribution is -0.144. The molecule has 0 aliphatic carbocycles. The van der Waals surface area contributed by atoms with Crippen LogP contribution < -0.4 is 0 Å². The fourth-order valence-corrected chi connectivity index (χ4v) is 0.880. The van der Waals surface area contributed by atoms with Gasteiger partial charge in [-0.2, -0.15) is 0 Å². The third-order valence-corrected chi connectivity index (χ3v) is 1.48. The minimum Gasteiger partial charge on any atom is -0.480 e. The number of likely N-dealkylation sites (N-methyl/N-ethyl adjacent to an activating group) is 1. The molecular formula is C9H17NO3. The highest BCUT2D eigenvalue weighted by molar-refractivity contribution is 5.81. The lowest BCUT2D eigenvalue weighted by Gasteiger charge is -2.21. The summed E-state index contributed by atoms with van der Waals surface area (Å²) in [6.07, 6.45) is 0.372. The van der Waals surface area contributed by atoms with Crippen LogP contribution in [0.2, 0.25) is 0 Å². The molecule has 0 spiro atoms. The normalized spacial score (nSPS) is 11.1. The van der Waals surface area contributed by atoms with Crippen LogP contribution in [0, 0.1) is 5.41 Å². The van der Waals surface area contributed by atoms with Crippen LogP contribution >= 0.6 is 0 Å². The van der Waals surface area contributed by atoms with E-state index in [0.29, 0.717) is 6.42 Å². The topological polar surface area (TPSA) is 57.6 Å². The van der Waals surface area contributed by atoms with Crippen LogP contribution in [0.5, 0.6) is 0 Å². The van der Waals surface area contributed by atoms with E-state index < -0.39 is 5.97 Å². The zero-order valence-corrected chi connectivity index (χ0v) is 8.63. The third kappa shape index (κ3) is 6.13. The van der Waals surface area contributed by atoms with Crippen LogP contribution in [-0.4, -0.2) is 35.5 Å². The first-order valence-corrected chi connectivity index (χ1v) is 4.18. The van der Waals surface area contributed by atoms with Crippen molar-refractivity contribution in [1.82, 2.24) is 4.90 Å². The summed E-state index contributed by atoms with van der Waals surface area (Å²) in [5, 5.41) is 8.44. The van der Waals surface area contributed by atoms with Gasteiger partial charge in [-0.05, 0) is 5.41 Å². The standard InChI is InChI=1S/C9H17NO3/c1-9(2,3)5-7(11)10(4)6-8(12)13/h5-6H2,1-4H3,(H,12,13). The number of rotatable bonds is 3. The van der Waals surface area contributed by atoms with Crippen LogP contribution in [-0.2, 0) is 9.59 Å². The SMILES string of the molecule is CN(CC(=O)O)C(=O)CC(C)(C)C. The van der Waals surface area contributed by atoms with Gasteiger partial charge in [0.1, 0.15) is 6.54 Å². The molecule has 0 fully saturated rings. The largest absolute Gasteiger partial charge is 0.480 e. The maximum absolute atomic E-state index is 11.4. The molecule has 76 valence electrons. The molecule has 0 bridgehead atoms. The molecule has 1 amide bonds. The van der Waals surface area contributed by atoms with E-state index in [0.717, 1.165) is 0 Å². The molecule has 4 nitrogen and oxygen atoms in total. The van der Waals surface area contributed by atoms with Gasteiger partial charge >= 0.3 is 5.97 Å². The molecule has 0 radical (unpaired) electrons. The van der Waals surface area contributed by atoms with Gasteiger partial charge in [0.05, 0.1) is 0 Å². The van der Waals surface area contributed by atoms with Crippen molar-refractivity contribution in [3.63, 3.8) is 0 Å². The molecule has 0 aromatic rings. The number of carboxylic acid groups (broad SMARTS) is 1. The average molecular weight is 187 g/mol. The van der Waals surface area contributed by atoms with Crippen molar-refractivity contribution in [1.29, 1.82) is 0 Å². The fourth-order valence-electron chi connectivity index (χ4n) is 0.880. The van der Waals surface area contributed by atoms with E-state index in [1.54, 1.807) is 0 Å². The van der Waals surface area contributed by atoms with Crippen molar-refractivity contribution in [3.05, 3.63) is 0 Å². The maximum Gasteiger partial charge on any atom is 0.323 e. The van der Waals surface area contributed by atoms with Gasteiger partial charge in [-0.1, -0.05) is 20.8 Å². The lowest BCUT2D eigenvalue weighted by atomic mass is 9.92. The van der Waals surface area contributed by atoms with Gasteiger partial charge in [-0.25, -0.2) is 0 Å². The van der Waals surface area contributed by atoms with Gasteiger partial charge < -0.3 is 10.0 Å². The third-order valence-electron chi connectivity index (χ3n) is 1.48. The summed E-state index contributed by atoms with van der Waals surface area (Å²) in [6.45, 7) is 5.60. The number of carbonyl (C=O) groups excluding carboxylic acids is 1. The second-order valence-electron chi connectivity index (χ2n) is 4.38. The predicted molar refractivity (Wildman–Crippen MR) is 49.3 cm³/mol. The number of hydrogen-bond donors (Lipinski definition) is 1. The molecule has 0 unspecified atom stereocenters. The van der Waals surface area contributed by atoms with E-state index in [4.69, 9.17) is 5.11 Å². The smallest absolute Gasteiger partial charge is 0.323 e. The first-order chi connectivity index (χ1) is 5.72. The number of hydrogen-bond acceptors (Lipinski definition) is 2. The van der Waals surface area contributed by atoms with E-state index in [1.807, 2.05) is 20.8 Å². The van der Waals surface area contributed by atoms with Crippen LogP contribution in [0.25, 0.3) is 0 Å². The van der Waals surface area contributed by atoms with Gasteiger partial charge in [-0.15, -0.1) is 0 Å². The van der Waals surface area contributed by atoms with Crippen molar-refractivity contribution in [3.8, 4) is 0 Å². The highest BCUT2D eigenvalue weighted by Gasteiger charge is 2.19. The Kier molecular flexibility index (Phi) is 3.91. The van der Waals surface area contributed by atoms with Gasteiger partial charge in [0, 0.05) is 13.5 Å². The second-order valence-corrected chi connectivity index (χ2v) is 4.38. The quantitative estimate of drug-likeness (QED) is 0.716. The molecular weight excluding hydrogens is 170 g/mol. The second kappa shape index (κ2) is 4.25. The molecule has 0 heterocycles. The summed E-state index contributed by atoms with van der Waals surface area (Å²) >= 11 is 0. The number of carboxylic acids is 1. The van der Waals surface area contributed by atoms with Crippen molar-refractivity contribution in [2.45, 2.75) is 27.2 Å². The summed E-state index contributed by atoms with van der Waals surface area (Å²) < 4.78 is 0. The molecule has 0 atom stereocenters. The van der Waals surface area contributed by atoms with Gasteiger partial charge in [0.15, 0.2) is 0 Å². The summed E-state index contributed by atoms with van der Waals surface area (Å²) in [5.74, 6) is -1.11. The Bertz CT molecular complexity index is 205. The Balaban J connectivity index is 4.05. The first-order valence-electron chi connectivity index (χ1n) is 4.18. The monoisotopic (exact) mass is 187 g/mol. The van der Waals surface area contributed by atoms with Gasteiger partial charge in [0.2, 0.25) is 5.91 Å². The van der Waals surface area contributed by atoms with Crippen LogP contribution in [0.3, 0.4) is 0 Å². The minimum atomic E-state index is -0.982. The summed E-state index contributed by atoms with van der Waals surface area (Å²) in [6, 6.07) is 0. The lowest BCUT2D eigenvalue weighted by Crippen LogP contribution is -2.34. The maximum atomic E-state index is 11.4. The van der Waals surface area contributed by atoms with Crippen LogP contribution in [0.1, 0.15) is 27.2 Å². The highest BCUT2D eigenvalue weighted by Crippen LogP contribution is 2.19. The number of carbonyl (C=O) groups is 2. The zero-order valence-electron chi connectivity index (χ0n) is 8.63. The zero-order chi connectivity index (χ0) is 10.6. The van der Waals surface area contributed by atoms with E-state index in [9.17, 15) is 9.59 Å². The number of aliphatic carboxylic acids is 1. The van der Waals surface area contributed by atoms with Gasteiger partial charge in [-0.3, -0.25) is 9.59 Å². The summed E-state index contributed by atoms with van der Waals surface area (Å²) in [7, 11) is 1.50. The summed E-state index contributed by atoms with van der Waals surface area (Å²) in [5.41, 5.74) is -0.0934. The predicted octanol–water partition coefficient (Wildman–Crippen LogP) is 0.966. The van der Waals surface area contributed by atoms with Crippen molar-refractivity contribution >= 4 is 11.9 Å². The van der Waals surface area contributed by atoms with E-state index in [-0.39, 0.29) is 17.9 Å². The van der Waals surface area contributed by atoms with E-state index >= 15 is 0 Å². The van der Waals surface area contributed by atoms with Crippen LogP contribution in [0.15, 0.2) is 0 Å². The Morgan fingerprint density at radius 3 is 2.08 bits per heavy atom. The fraction of sp³-hybridized carbons (Fsp3) is 0.778. The Morgan fingerprint density at radius 1 is 1.31 bits per heavy atom. The number of amides is 1. The average Bonchev–Trinajstić information content (AvgIpc) is 1.81. The van der Waals surface area contributed by atoms with E-state index in [2.05, 4.69) is 0 Å². The van der Waals surface area contributed by atoms with Crippen molar-refractivity contribution in [2.75, 3.05) is 13.6 Å². The van der Waals surface area contributed by atoms with E-state index in [1.165, 1.54) is 11.9 Å². The minimum absolute atomic E-state index is 0.0934. The molecule has 0 aromatic carbocycles.